The minimum absolute atomic E-state index is 0.0104. The lowest BCUT2D eigenvalue weighted by Crippen LogP contribution is -2.34. The van der Waals surface area contributed by atoms with Crippen molar-refractivity contribution >= 4 is 11.8 Å². The van der Waals surface area contributed by atoms with Crippen LogP contribution in [-0.2, 0) is 11.3 Å². The molecule has 1 rings (SSSR count). The molecule has 0 bridgehead atoms. The normalized spacial score (nSPS) is 10.4. The Labute approximate surface area is 112 Å². The Hall–Kier alpha value is -2.11. The van der Waals surface area contributed by atoms with E-state index in [0.29, 0.717) is 5.56 Å². The maximum absolute atomic E-state index is 11.8. The number of aromatic nitrogens is 1. The summed E-state index contributed by atoms with van der Waals surface area (Å²) in [6.45, 7) is 3.63. The van der Waals surface area contributed by atoms with Gasteiger partial charge in [0, 0.05) is 32.4 Å². The van der Waals surface area contributed by atoms with E-state index in [1.807, 2.05) is 13.8 Å². The van der Waals surface area contributed by atoms with Crippen molar-refractivity contribution in [3.05, 3.63) is 34.2 Å². The van der Waals surface area contributed by atoms with Crippen molar-refractivity contribution in [1.82, 2.24) is 14.8 Å². The summed E-state index contributed by atoms with van der Waals surface area (Å²) >= 11 is 0. The van der Waals surface area contributed by atoms with Crippen LogP contribution in [0.4, 0.5) is 0 Å². The van der Waals surface area contributed by atoms with Crippen LogP contribution in [0.15, 0.2) is 23.1 Å². The molecule has 19 heavy (non-hydrogen) atoms. The van der Waals surface area contributed by atoms with E-state index in [9.17, 15) is 14.4 Å². The number of rotatable bonds is 4. The first-order valence-corrected chi connectivity index (χ1v) is 6.02. The van der Waals surface area contributed by atoms with Gasteiger partial charge in [-0.05, 0) is 19.9 Å². The van der Waals surface area contributed by atoms with Gasteiger partial charge in [0.1, 0.15) is 6.54 Å². The Bertz CT molecular complexity index is 532. The van der Waals surface area contributed by atoms with Crippen LogP contribution in [0.3, 0.4) is 0 Å². The molecular weight excluding hydrogens is 246 g/mol. The van der Waals surface area contributed by atoms with E-state index in [1.165, 1.54) is 27.8 Å². The summed E-state index contributed by atoms with van der Waals surface area (Å²) in [6, 6.07) is 2.76. The van der Waals surface area contributed by atoms with Gasteiger partial charge in [0.15, 0.2) is 0 Å². The van der Waals surface area contributed by atoms with Crippen LogP contribution in [0, 0.1) is 0 Å². The zero-order chi connectivity index (χ0) is 14.6. The lowest BCUT2D eigenvalue weighted by Gasteiger charge is -2.13. The molecule has 0 atom stereocenters. The average molecular weight is 265 g/mol. The highest BCUT2D eigenvalue weighted by Gasteiger charge is 2.11. The second kappa shape index (κ2) is 6.17. The van der Waals surface area contributed by atoms with E-state index in [0.717, 1.165) is 0 Å². The van der Waals surface area contributed by atoms with Crippen LogP contribution in [-0.4, -0.2) is 41.4 Å². The number of amides is 2. The van der Waals surface area contributed by atoms with Crippen LogP contribution in [0.1, 0.15) is 24.2 Å². The van der Waals surface area contributed by atoms with Gasteiger partial charge in [-0.2, -0.15) is 0 Å². The van der Waals surface area contributed by atoms with E-state index in [-0.39, 0.29) is 30.0 Å². The van der Waals surface area contributed by atoms with Crippen LogP contribution < -0.4 is 10.9 Å². The molecule has 6 heteroatoms. The van der Waals surface area contributed by atoms with E-state index in [4.69, 9.17) is 0 Å². The molecule has 1 aromatic rings. The number of hydrogen-bond donors (Lipinski definition) is 1. The lowest BCUT2D eigenvalue weighted by atomic mass is 10.2. The zero-order valence-electron chi connectivity index (χ0n) is 11.6. The minimum atomic E-state index is -0.309. The van der Waals surface area contributed by atoms with Crippen LogP contribution in [0.2, 0.25) is 0 Å². The molecule has 0 aliphatic rings. The third-order valence-electron chi connectivity index (χ3n) is 2.47. The third kappa shape index (κ3) is 4.24. The molecule has 0 aliphatic carbocycles. The summed E-state index contributed by atoms with van der Waals surface area (Å²) in [5.41, 5.74) is 0.0520. The highest BCUT2D eigenvalue weighted by Crippen LogP contribution is 1.98. The van der Waals surface area contributed by atoms with E-state index >= 15 is 0 Å². The summed E-state index contributed by atoms with van der Waals surface area (Å²) < 4.78 is 1.23. The first kappa shape index (κ1) is 14.9. The maximum Gasteiger partial charge on any atom is 0.252 e. The molecule has 0 spiro atoms. The maximum atomic E-state index is 11.8. The van der Waals surface area contributed by atoms with Crippen molar-refractivity contribution in [2.24, 2.45) is 0 Å². The van der Waals surface area contributed by atoms with Gasteiger partial charge in [0.25, 0.3) is 11.5 Å². The second-order valence-electron chi connectivity index (χ2n) is 4.80. The number of nitrogens with zero attached hydrogens (tertiary/aromatic N) is 2. The number of carbonyl (C=O) groups is 2. The summed E-state index contributed by atoms with van der Waals surface area (Å²) in [4.78, 5) is 36.4. The summed E-state index contributed by atoms with van der Waals surface area (Å²) in [5.74, 6) is -0.468. The summed E-state index contributed by atoms with van der Waals surface area (Å²) in [5, 5.41) is 2.73. The van der Waals surface area contributed by atoms with Gasteiger partial charge in [-0.3, -0.25) is 14.4 Å². The first-order valence-electron chi connectivity index (χ1n) is 6.02. The second-order valence-corrected chi connectivity index (χ2v) is 4.80. The quantitative estimate of drug-likeness (QED) is 0.837. The number of carbonyl (C=O) groups excluding carboxylic acids is 2. The van der Waals surface area contributed by atoms with Crippen molar-refractivity contribution in [3.8, 4) is 0 Å². The van der Waals surface area contributed by atoms with Gasteiger partial charge in [0.2, 0.25) is 5.91 Å². The van der Waals surface area contributed by atoms with Crippen LogP contribution >= 0.6 is 0 Å². The van der Waals surface area contributed by atoms with Crippen molar-refractivity contribution < 1.29 is 9.59 Å². The smallest absolute Gasteiger partial charge is 0.252 e. The van der Waals surface area contributed by atoms with Crippen LogP contribution in [0.5, 0.6) is 0 Å². The van der Waals surface area contributed by atoms with E-state index in [1.54, 1.807) is 14.1 Å². The molecule has 1 N–H and O–H groups in total. The SMILES string of the molecule is CC(C)NC(=O)c1ccc(=O)n(CC(=O)N(C)C)c1. The molecule has 1 aromatic heterocycles. The number of likely N-dealkylation sites (N-methyl/N-ethyl adjacent to an activating group) is 1. The number of nitrogens with one attached hydrogen (secondary N) is 1. The molecule has 0 fully saturated rings. The van der Waals surface area contributed by atoms with Crippen molar-refractivity contribution in [3.63, 3.8) is 0 Å². The molecule has 0 aliphatic heterocycles. The number of hydrogen-bond acceptors (Lipinski definition) is 3. The molecule has 6 nitrogen and oxygen atoms in total. The Morgan fingerprint density at radius 3 is 2.47 bits per heavy atom. The average Bonchev–Trinajstić information content (AvgIpc) is 2.30. The van der Waals surface area contributed by atoms with Crippen LogP contribution in [0.25, 0.3) is 0 Å². The van der Waals surface area contributed by atoms with E-state index in [2.05, 4.69) is 5.32 Å². The van der Waals surface area contributed by atoms with Gasteiger partial charge < -0.3 is 14.8 Å². The topological polar surface area (TPSA) is 71.4 Å². The lowest BCUT2D eigenvalue weighted by molar-refractivity contribution is -0.129. The summed E-state index contributed by atoms with van der Waals surface area (Å²) in [6.07, 6.45) is 1.40. The van der Waals surface area contributed by atoms with Gasteiger partial charge in [-0.25, -0.2) is 0 Å². The van der Waals surface area contributed by atoms with Gasteiger partial charge >= 0.3 is 0 Å². The Morgan fingerprint density at radius 2 is 1.95 bits per heavy atom. The fourth-order valence-electron chi connectivity index (χ4n) is 1.42. The standard InChI is InChI=1S/C13H19N3O3/c1-9(2)14-13(19)10-5-6-11(17)16(7-10)8-12(18)15(3)4/h5-7,9H,8H2,1-4H3,(H,14,19). The Morgan fingerprint density at radius 1 is 1.32 bits per heavy atom. The molecule has 104 valence electrons. The van der Waals surface area contributed by atoms with Gasteiger partial charge in [0.05, 0.1) is 5.56 Å². The molecule has 0 radical (unpaired) electrons. The van der Waals surface area contributed by atoms with Crippen molar-refractivity contribution in [2.45, 2.75) is 26.4 Å². The minimum Gasteiger partial charge on any atom is -0.350 e. The van der Waals surface area contributed by atoms with Crippen molar-refractivity contribution in [1.29, 1.82) is 0 Å². The van der Waals surface area contributed by atoms with Gasteiger partial charge in [-0.15, -0.1) is 0 Å². The fraction of sp³-hybridized carbons (Fsp3) is 0.462. The Balaban J connectivity index is 2.97. The summed E-state index contributed by atoms with van der Waals surface area (Å²) in [7, 11) is 3.23. The Kier molecular flexibility index (Phi) is 4.86. The monoisotopic (exact) mass is 265 g/mol. The largest absolute Gasteiger partial charge is 0.350 e. The molecule has 0 saturated carbocycles. The first-order chi connectivity index (χ1) is 8.81. The van der Waals surface area contributed by atoms with E-state index < -0.39 is 0 Å². The highest BCUT2D eigenvalue weighted by molar-refractivity contribution is 5.94. The predicted molar refractivity (Wildman–Crippen MR) is 72.0 cm³/mol. The van der Waals surface area contributed by atoms with Gasteiger partial charge in [-0.1, -0.05) is 0 Å². The zero-order valence-corrected chi connectivity index (χ0v) is 11.6. The molecule has 0 unspecified atom stereocenters. The molecule has 0 saturated heterocycles. The highest BCUT2D eigenvalue weighted by atomic mass is 16.2. The molecule has 0 aromatic carbocycles. The van der Waals surface area contributed by atoms with Crippen molar-refractivity contribution in [2.75, 3.05) is 14.1 Å². The number of pyridine rings is 1. The molecular formula is C13H19N3O3. The third-order valence-corrected chi connectivity index (χ3v) is 2.47. The molecule has 2 amide bonds. The predicted octanol–water partition coefficient (Wildman–Crippen LogP) is 0.0747. The molecule has 1 heterocycles. The fourth-order valence-corrected chi connectivity index (χ4v) is 1.42.